The van der Waals surface area contributed by atoms with Crippen molar-refractivity contribution in [3.05, 3.63) is 70.8 Å². The summed E-state index contributed by atoms with van der Waals surface area (Å²) in [4.78, 5) is 42.4. The molecule has 4 nitrogen and oxygen atoms in total. The van der Waals surface area contributed by atoms with Crippen molar-refractivity contribution in [2.45, 2.75) is 93.1 Å². The van der Waals surface area contributed by atoms with E-state index in [0.29, 0.717) is 31.2 Å². The zero-order valence-electron chi connectivity index (χ0n) is 24.1. The molecule has 37 heavy (non-hydrogen) atoms. The van der Waals surface area contributed by atoms with Gasteiger partial charge in [0.05, 0.1) is 5.92 Å². The van der Waals surface area contributed by atoms with E-state index < -0.39 is 34.4 Å². The van der Waals surface area contributed by atoms with Crippen molar-refractivity contribution >= 4 is 17.3 Å². The summed E-state index contributed by atoms with van der Waals surface area (Å²) in [6.45, 7) is 15.7. The number of Topliss-reactive ketones (excluding diaryl/α,β-unsaturated/α-hetero) is 3. The number of carbonyl (C=O) groups excluding carboxylic acids is 3. The second-order valence-corrected chi connectivity index (χ2v) is 11.9. The lowest BCUT2D eigenvalue weighted by Crippen LogP contribution is -2.59. The maximum absolute atomic E-state index is 14.4. The fraction of sp³-hybridized carbons (Fsp3) is 0.545. The molecular formula is C33H46O4. The SMILES string of the molecule is CC(C)=CCC[C@@]1(C)[C@H](CC=C(C)C)C[C@@H](C)C(=O)[C@@](O)(CC=C(C)C)C(=O)[C@@H]1C(=O)c1ccccc1. The van der Waals surface area contributed by atoms with Crippen molar-refractivity contribution in [1.29, 1.82) is 0 Å². The number of rotatable bonds is 9. The minimum absolute atomic E-state index is 0.0819. The molecule has 1 saturated carbocycles. The molecule has 0 aromatic heterocycles. The first-order valence-corrected chi connectivity index (χ1v) is 13.5. The first-order valence-electron chi connectivity index (χ1n) is 13.5. The summed E-state index contributed by atoms with van der Waals surface area (Å²) in [5.74, 6) is -3.17. The van der Waals surface area contributed by atoms with Crippen LogP contribution in [-0.2, 0) is 9.59 Å². The third-order valence-corrected chi connectivity index (χ3v) is 7.93. The summed E-state index contributed by atoms with van der Waals surface area (Å²) in [6.07, 6.45) is 8.40. The topological polar surface area (TPSA) is 71.4 Å². The molecule has 0 amide bonds. The first kappa shape index (κ1) is 30.6. The molecule has 1 aromatic carbocycles. The normalized spacial score (nSPS) is 28.1. The molecule has 0 aliphatic heterocycles. The average Bonchev–Trinajstić information content (AvgIpc) is 2.83. The molecule has 0 bridgehead atoms. The van der Waals surface area contributed by atoms with Crippen LogP contribution in [0.2, 0.25) is 0 Å². The Morgan fingerprint density at radius 3 is 2.03 bits per heavy atom. The van der Waals surface area contributed by atoms with E-state index >= 15 is 0 Å². The van der Waals surface area contributed by atoms with Gasteiger partial charge in [-0.2, -0.15) is 0 Å². The Hall–Kier alpha value is -2.59. The highest BCUT2D eigenvalue weighted by Gasteiger charge is 2.58. The molecular weight excluding hydrogens is 460 g/mol. The van der Waals surface area contributed by atoms with Gasteiger partial charge in [0.1, 0.15) is 0 Å². The molecule has 1 aliphatic rings. The van der Waals surface area contributed by atoms with E-state index in [1.165, 1.54) is 5.57 Å². The quantitative estimate of drug-likeness (QED) is 0.214. The van der Waals surface area contributed by atoms with Crippen molar-refractivity contribution in [2.75, 3.05) is 0 Å². The second-order valence-electron chi connectivity index (χ2n) is 11.9. The smallest absolute Gasteiger partial charge is 0.185 e. The molecule has 0 spiro atoms. The standard InChI is InChI=1S/C33H46O4/c1-22(2)13-12-19-32(8)27(17-16-23(3)4)21-25(7)30(35)33(37,20-18-24(5)6)31(36)28(32)29(34)26-14-10-9-11-15-26/h9-11,13-16,18,25,27-28,37H,12,17,19-21H2,1-8H3/t25-,27-,28+,32+,33+/m1/s1. The van der Waals surface area contributed by atoms with Crippen LogP contribution >= 0.6 is 0 Å². The van der Waals surface area contributed by atoms with Gasteiger partial charge in [-0.25, -0.2) is 0 Å². The van der Waals surface area contributed by atoms with Gasteiger partial charge in [-0.1, -0.05) is 79.1 Å². The number of benzene rings is 1. The second kappa shape index (κ2) is 12.8. The highest BCUT2D eigenvalue weighted by Crippen LogP contribution is 2.50. The fourth-order valence-corrected chi connectivity index (χ4v) is 5.61. The zero-order chi connectivity index (χ0) is 28.0. The summed E-state index contributed by atoms with van der Waals surface area (Å²) < 4.78 is 0. The molecule has 202 valence electrons. The predicted octanol–water partition coefficient (Wildman–Crippen LogP) is 7.48. The Balaban J connectivity index is 2.83. The Morgan fingerprint density at radius 2 is 1.49 bits per heavy atom. The molecule has 1 fully saturated rings. The van der Waals surface area contributed by atoms with E-state index in [1.54, 1.807) is 30.3 Å². The Labute approximate surface area is 223 Å². The largest absolute Gasteiger partial charge is 0.374 e. The van der Waals surface area contributed by atoms with E-state index in [2.05, 4.69) is 12.2 Å². The summed E-state index contributed by atoms with van der Waals surface area (Å²) >= 11 is 0. The number of carbonyl (C=O) groups is 3. The van der Waals surface area contributed by atoms with E-state index in [9.17, 15) is 19.5 Å². The van der Waals surface area contributed by atoms with Crippen molar-refractivity contribution < 1.29 is 19.5 Å². The number of allylic oxidation sites excluding steroid dienone is 5. The van der Waals surface area contributed by atoms with Gasteiger partial charge in [0, 0.05) is 17.9 Å². The summed E-state index contributed by atoms with van der Waals surface area (Å²) in [5, 5.41) is 11.8. The Bertz CT molecular complexity index is 1060. The lowest BCUT2D eigenvalue weighted by Gasteiger charge is -2.48. The number of hydrogen-bond donors (Lipinski definition) is 1. The molecule has 1 aliphatic carbocycles. The van der Waals surface area contributed by atoms with Gasteiger partial charge >= 0.3 is 0 Å². The summed E-state index contributed by atoms with van der Waals surface area (Å²) in [7, 11) is 0. The van der Waals surface area contributed by atoms with Crippen molar-refractivity contribution in [2.24, 2.45) is 23.2 Å². The monoisotopic (exact) mass is 506 g/mol. The van der Waals surface area contributed by atoms with Crippen molar-refractivity contribution in [1.82, 2.24) is 0 Å². The van der Waals surface area contributed by atoms with E-state index in [1.807, 2.05) is 61.5 Å². The molecule has 1 aromatic rings. The van der Waals surface area contributed by atoms with Gasteiger partial charge < -0.3 is 5.11 Å². The van der Waals surface area contributed by atoms with Gasteiger partial charge in [-0.3, -0.25) is 14.4 Å². The third kappa shape index (κ3) is 7.25. The minimum Gasteiger partial charge on any atom is -0.374 e. The highest BCUT2D eigenvalue weighted by atomic mass is 16.3. The van der Waals surface area contributed by atoms with Crippen LogP contribution in [0.1, 0.15) is 97.9 Å². The van der Waals surface area contributed by atoms with Gasteiger partial charge in [-0.05, 0) is 78.6 Å². The van der Waals surface area contributed by atoms with Crippen LogP contribution in [0.15, 0.2) is 65.3 Å². The first-order chi connectivity index (χ1) is 17.2. The van der Waals surface area contributed by atoms with Crippen LogP contribution in [0.4, 0.5) is 0 Å². The Kier molecular flexibility index (Phi) is 10.6. The number of hydrogen-bond acceptors (Lipinski definition) is 4. The lowest BCUT2D eigenvalue weighted by molar-refractivity contribution is -0.161. The van der Waals surface area contributed by atoms with E-state index in [4.69, 9.17) is 0 Å². The molecule has 4 heteroatoms. The molecule has 0 unspecified atom stereocenters. The minimum atomic E-state index is -2.23. The molecule has 5 atom stereocenters. The lowest BCUT2D eigenvalue weighted by atomic mass is 9.54. The van der Waals surface area contributed by atoms with Crippen LogP contribution < -0.4 is 0 Å². The summed E-state index contributed by atoms with van der Waals surface area (Å²) in [5.41, 5.74) is 0.686. The summed E-state index contributed by atoms with van der Waals surface area (Å²) in [6, 6.07) is 8.83. The van der Waals surface area contributed by atoms with Crippen molar-refractivity contribution in [3.63, 3.8) is 0 Å². The maximum Gasteiger partial charge on any atom is 0.185 e. The molecule has 0 heterocycles. The van der Waals surface area contributed by atoms with E-state index in [0.717, 1.165) is 11.1 Å². The molecule has 0 radical (unpaired) electrons. The van der Waals surface area contributed by atoms with Gasteiger partial charge in [0.25, 0.3) is 0 Å². The number of ketones is 3. The van der Waals surface area contributed by atoms with Gasteiger partial charge in [-0.15, -0.1) is 0 Å². The maximum atomic E-state index is 14.4. The van der Waals surface area contributed by atoms with Crippen molar-refractivity contribution in [3.8, 4) is 0 Å². The molecule has 0 saturated heterocycles. The fourth-order valence-electron chi connectivity index (χ4n) is 5.61. The van der Waals surface area contributed by atoms with Gasteiger partial charge in [0.2, 0.25) is 0 Å². The van der Waals surface area contributed by atoms with Crippen LogP contribution in [0, 0.1) is 23.2 Å². The van der Waals surface area contributed by atoms with Crippen LogP contribution in [0.3, 0.4) is 0 Å². The third-order valence-electron chi connectivity index (χ3n) is 7.93. The van der Waals surface area contributed by atoms with Crippen LogP contribution in [0.5, 0.6) is 0 Å². The van der Waals surface area contributed by atoms with E-state index in [-0.39, 0.29) is 18.1 Å². The predicted molar refractivity (Wildman–Crippen MR) is 151 cm³/mol. The van der Waals surface area contributed by atoms with Crippen LogP contribution in [0.25, 0.3) is 0 Å². The molecule has 2 rings (SSSR count). The number of aliphatic hydroxyl groups is 1. The zero-order valence-corrected chi connectivity index (χ0v) is 24.1. The van der Waals surface area contributed by atoms with Gasteiger partial charge in [0.15, 0.2) is 23.0 Å². The highest BCUT2D eigenvalue weighted by molar-refractivity contribution is 6.21. The average molecular weight is 507 g/mol. The molecule has 1 N–H and O–H groups in total. The van der Waals surface area contributed by atoms with Crippen LogP contribution in [-0.4, -0.2) is 28.1 Å². The Morgan fingerprint density at radius 1 is 0.919 bits per heavy atom.